The van der Waals surface area contributed by atoms with Crippen molar-refractivity contribution in [1.29, 1.82) is 0 Å². The number of rotatable bonds is 13. The first kappa shape index (κ1) is 27.8. The average molecular weight is 505 g/mol. The lowest BCUT2D eigenvalue weighted by Crippen LogP contribution is -2.31. The Morgan fingerprint density at radius 3 is 2.00 bits per heavy atom. The summed E-state index contributed by atoms with van der Waals surface area (Å²) in [5.41, 5.74) is 2.52. The minimum Gasteiger partial charge on any atom is -0.494 e. The Hall–Kier alpha value is -3.80. The molecule has 0 radical (unpaired) electrons. The van der Waals surface area contributed by atoms with Gasteiger partial charge in [-0.05, 0) is 93.3 Å². The van der Waals surface area contributed by atoms with Crippen molar-refractivity contribution in [2.24, 2.45) is 0 Å². The third kappa shape index (κ3) is 8.67. The number of hydrogen-bond donors (Lipinski definition) is 0. The Bertz CT molecular complexity index is 1150. The number of benzene rings is 3. The number of unbranched alkanes of at least 4 members (excludes halogenated alkanes) is 2. The number of esters is 2. The van der Waals surface area contributed by atoms with E-state index in [9.17, 15) is 9.59 Å². The van der Waals surface area contributed by atoms with Crippen LogP contribution in [0.25, 0.3) is 0 Å². The van der Waals surface area contributed by atoms with Gasteiger partial charge in [0, 0.05) is 0 Å². The van der Waals surface area contributed by atoms with E-state index in [0.29, 0.717) is 35.8 Å². The second kappa shape index (κ2) is 14.1. The van der Waals surface area contributed by atoms with Crippen LogP contribution in [0, 0.1) is 13.8 Å². The predicted molar refractivity (Wildman–Crippen MR) is 144 cm³/mol. The largest absolute Gasteiger partial charge is 0.494 e. The third-order valence-corrected chi connectivity index (χ3v) is 5.79. The van der Waals surface area contributed by atoms with Gasteiger partial charge >= 0.3 is 11.9 Å². The normalized spacial score (nSPS) is 11.5. The highest BCUT2D eigenvalue weighted by molar-refractivity contribution is 5.91. The topological polar surface area (TPSA) is 71.1 Å². The molecule has 37 heavy (non-hydrogen) atoms. The van der Waals surface area contributed by atoms with Crippen molar-refractivity contribution >= 4 is 11.9 Å². The fourth-order valence-corrected chi connectivity index (χ4v) is 3.64. The van der Waals surface area contributed by atoms with Crippen molar-refractivity contribution in [3.8, 4) is 23.0 Å². The highest BCUT2D eigenvalue weighted by atomic mass is 16.6. The molecule has 0 amide bonds. The summed E-state index contributed by atoms with van der Waals surface area (Å²) in [4.78, 5) is 25.4. The molecule has 6 heteroatoms. The maximum atomic E-state index is 12.9. The molecule has 0 bridgehead atoms. The molecular weight excluding hydrogens is 468 g/mol. The first-order valence-electron chi connectivity index (χ1n) is 12.9. The molecule has 0 aliphatic carbocycles. The number of carbonyl (C=O) groups excluding carboxylic acids is 2. The first-order valence-corrected chi connectivity index (χ1v) is 12.9. The smallest absolute Gasteiger partial charge is 0.352 e. The van der Waals surface area contributed by atoms with Crippen LogP contribution in [0.15, 0.2) is 66.7 Å². The summed E-state index contributed by atoms with van der Waals surface area (Å²) >= 11 is 0. The summed E-state index contributed by atoms with van der Waals surface area (Å²) in [7, 11) is 0. The molecule has 0 saturated carbocycles. The van der Waals surface area contributed by atoms with E-state index in [-0.39, 0.29) is 0 Å². The van der Waals surface area contributed by atoms with E-state index in [0.717, 1.165) is 42.6 Å². The van der Waals surface area contributed by atoms with Gasteiger partial charge in [-0.1, -0.05) is 44.4 Å². The Balaban J connectivity index is 1.58. The molecule has 0 spiro atoms. The maximum absolute atomic E-state index is 12.9. The molecule has 6 nitrogen and oxygen atoms in total. The first-order chi connectivity index (χ1) is 17.9. The van der Waals surface area contributed by atoms with E-state index >= 15 is 0 Å². The third-order valence-electron chi connectivity index (χ3n) is 5.79. The molecule has 0 saturated heterocycles. The van der Waals surface area contributed by atoms with Gasteiger partial charge in [-0.2, -0.15) is 0 Å². The maximum Gasteiger partial charge on any atom is 0.352 e. The minimum atomic E-state index is -0.715. The van der Waals surface area contributed by atoms with Crippen LogP contribution in [-0.2, 0) is 4.79 Å². The van der Waals surface area contributed by atoms with E-state index in [1.165, 1.54) is 0 Å². The Labute approximate surface area is 219 Å². The molecule has 0 aromatic heterocycles. The molecule has 0 aliphatic heterocycles. The zero-order valence-electron chi connectivity index (χ0n) is 22.1. The molecule has 1 atom stereocenters. The zero-order valence-corrected chi connectivity index (χ0v) is 22.1. The lowest BCUT2D eigenvalue weighted by atomic mass is 10.1. The Kier molecular flexibility index (Phi) is 10.6. The van der Waals surface area contributed by atoms with Crippen molar-refractivity contribution < 1.29 is 28.5 Å². The van der Waals surface area contributed by atoms with Crippen molar-refractivity contribution in [3.05, 3.63) is 83.4 Å². The van der Waals surface area contributed by atoms with Crippen LogP contribution < -0.4 is 18.9 Å². The summed E-state index contributed by atoms with van der Waals surface area (Å²) in [6, 6.07) is 19.1. The van der Waals surface area contributed by atoms with E-state index in [1.807, 2.05) is 32.0 Å². The molecule has 0 N–H and O–H groups in total. The molecule has 3 aromatic carbocycles. The Morgan fingerprint density at radius 2 is 1.38 bits per heavy atom. The lowest BCUT2D eigenvalue weighted by Gasteiger charge is -2.19. The molecule has 3 rings (SSSR count). The van der Waals surface area contributed by atoms with Gasteiger partial charge in [0.15, 0.2) is 6.10 Å². The second-order valence-electron chi connectivity index (χ2n) is 9.03. The monoisotopic (exact) mass is 504 g/mol. The molecular formula is C31H36O6. The molecule has 1 unspecified atom stereocenters. The highest BCUT2D eigenvalue weighted by Gasteiger charge is 2.23. The van der Waals surface area contributed by atoms with Crippen LogP contribution in [-0.4, -0.2) is 24.6 Å². The number of carbonyl (C=O) groups is 2. The average Bonchev–Trinajstić information content (AvgIpc) is 2.89. The quantitative estimate of drug-likeness (QED) is 0.139. The van der Waals surface area contributed by atoms with Gasteiger partial charge in [0.05, 0.1) is 12.2 Å². The molecule has 0 heterocycles. The summed E-state index contributed by atoms with van der Waals surface area (Å²) in [5.74, 6) is 1.15. The van der Waals surface area contributed by atoms with Crippen LogP contribution in [0.1, 0.15) is 67.4 Å². The molecule has 196 valence electrons. The summed E-state index contributed by atoms with van der Waals surface area (Å²) in [5, 5.41) is 0. The minimum absolute atomic E-state index is 0.349. The van der Waals surface area contributed by atoms with Crippen molar-refractivity contribution in [1.82, 2.24) is 0 Å². The van der Waals surface area contributed by atoms with Gasteiger partial charge in [0.25, 0.3) is 0 Å². The van der Waals surface area contributed by atoms with E-state index < -0.39 is 18.0 Å². The number of hydrogen-bond acceptors (Lipinski definition) is 6. The van der Waals surface area contributed by atoms with Crippen LogP contribution in [0.3, 0.4) is 0 Å². The Morgan fingerprint density at radius 1 is 0.757 bits per heavy atom. The van der Waals surface area contributed by atoms with Crippen molar-refractivity contribution in [2.75, 3.05) is 6.61 Å². The van der Waals surface area contributed by atoms with E-state index in [2.05, 4.69) is 13.8 Å². The summed E-state index contributed by atoms with van der Waals surface area (Å²) in [6.07, 6.45) is 3.66. The van der Waals surface area contributed by atoms with Crippen molar-refractivity contribution in [2.45, 2.75) is 65.9 Å². The summed E-state index contributed by atoms with van der Waals surface area (Å²) < 4.78 is 22.7. The highest BCUT2D eigenvalue weighted by Crippen LogP contribution is 2.24. The number of ether oxygens (including phenoxy) is 4. The predicted octanol–water partition coefficient (Wildman–Crippen LogP) is 7.24. The van der Waals surface area contributed by atoms with Gasteiger partial charge in [-0.25, -0.2) is 9.59 Å². The van der Waals surface area contributed by atoms with Crippen LogP contribution in [0.2, 0.25) is 0 Å². The molecule has 0 fully saturated rings. The van der Waals surface area contributed by atoms with E-state index in [4.69, 9.17) is 18.9 Å². The van der Waals surface area contributed by atoms with Gasteiger partial charge in [0.2, 0.25) is 0 Å². The zero-order chi connectivity index (χ0) is 26.6. The van der Waals surface area contributed by atoms with Crippen LogP contribution in [0.5, 0.6) is 23.0 Å². The standard InChI is InChI=1S/C31H36O6/c1-5-7-9-29(37-28-19-10-22(3)21-23(28)4)31(33)36-27-17-15-26(16-18-27)35-30(32)24-11-13-25(14-12-24)34-20-8-6-2/h10-19,21,29H,5-9,20H2,1-4H3. The lowest BCUT2D eigenvalue weighted by molar-refractivity contribution is -0.142. The molecule has 0 aliphatic rings. The van der Waals surface area contributed by atoms with Crippen molar-refractivity contribution in [3.63, 3.8) is 0 Å². The molecule has 3 aromatic rings. The van der Waals surface area contributed by atoms with Gasteiger partial charge in [-0.15, -0.1) is 0 Å². The van der Waals surface area contributed by atoms with Crippen LogP contribution >= 0.6 is 0 Å². The van der Waals surface area contributed by atoms with E-state index in [1.54, 1.807) is 48.5 Å². The summed E-state index contributed by atoms with van der Waals surface area (Å²) in [6.45, 7) is 8.79. The second-order valence-corrected chi connectivity index (χ2v) is 9.03. The number of aryl methyl sites for hydroxylation is 2. The van der Waals surface area contributed by atoms with Gasteiger partial charge < -0.3 is 18.9 Å². The van der Waals surface area contributed by atoms with Crippen LogP contribution in [0.4, 0.5) is 0 Å². The fraction of sp³-hybridized carbons (Fsp3) is 0.355. The fourth-order valence-electron chi connectivity index (χ4n) is 3.64. The van der Waals surface area contributed by atoms with Gasteiger partial charge in [-0.3, -0.25) is 0 Å². The van der Waals surface area contributed by atoms with Gasteiger partial charge in [0.1, 0.15) is 23.0 Å². The SMILES string of the molecule is CCCCOc1ccc(C(=O)Oc2ccc(OC(=O)C(CCCC)Oc3ccc(C)cc3C)cc2)cc1.